The molecule has 3 aromatic rings. The van der Waals surface area contributed by atoms with Gasteiger partial charge in [0.2, 0.25) is 5.88 Å². The molecule has 0 spiro atoms. The van der Waals surface area contributed by atoms with E-state index in [2.05, 4.69) is 20.2 Å². The maximum Gasteiger partial charge on any atom is 0.213 e. The van der Waals surface area contributed by atoms with Crippen molar-refractivity contribution in [1.82, 2.24) is 20.2 Å². The molecule has 2 aliphatic rings. The van der Waals surface area contributed by atoms with Crippen LogP contribution >= 0.6 is 0 Å². The Morgan fingerprint density at radius 1 is 1.21 bits per heavy atom. The zero-order valence-electron chi connectivity index (χ0n) is 19.6. The van der Waals surface area contributed by atoms with Crippen molar-refractivity contribution >= 4 is 10.9 Å². The first kappa shape index (κ1) is 22.8. The van der Waals surface area contributed by atoms with Gasteiger partial charge in [-0.3, -0.25) is 4.98 Å². The summed E-state index contributed by atoms with van der Waals surface area (Å²) in [6, 6.07) is 11.7. The van der Waals surface area contributed by atoms with Crippen molar-refractivity contribution in [2.45, 2.75) is 25.5 Å². The Balaban J connectivity index is 1.15. The van der Waals surface area contributed by atoms with Crippen molar-refractivity contribution in [1.29, 1.82) is 0 Å². The number of piperidine rings is 1. The highest BCUT2D eigenvalue weighted by molar-refractivity contribution is 5.82. The maximum absolute atomic E-state index is 11.1. The van der Waals surface area contributed by atoms with E-state index in [4.69, 9.17) is 14.2 Å². The van der Waals surface area contributed by atoms with Gasteiger partial charge in [-0.05, 0) is 37.9 Å². The largest absolute Gasteiger partial charge is 0.486 e. The van der Waals surface area contributed by atoms with E-state index >= 15 is 0 Å². The number of fused-ring (bicyclic) bond motifs is 2. The Labute approximate surface area is 199 Å². The Morgan fingerprint density at radius 2 is 2.09 bits per heavy atom. The minimum Gasteiger partial charge on any atom is -0.486 e. The third-order valence-corrected chi connectivity index (χ3v) is 6.55. The summed E-state index contributed by atoms with van der Waals surface area (Å²) in [5, 5.41) is 15.6. The molecule has 2 unspecified atom stereocenters. The van der Waals surface area contributed by atoms with Crippen molar-refractivity contribution in [2.75, 3.05) is 46.5 Å². The van der Waals surface area contributed by atoms with Crippen molar-refractivity contribution in [3.8, 4) is 17.4 Å². The fraction of sp³-hybridized carbons (Fsp3) is 0.462. The van der Waals surface area contributed by atoms with Crippen LogP contribution in [0.15, 0.2) is 42.6 Å². The van der Waals surface area contributed by atoms with Crippen molar-refractivity contribution in [2.24, 2.45) is 5.92 Å². The highest BCUT2D eigenvalue weighted by atomic mass is 16.6. The smallest absolute Gasteiger partial charge is 0.213 e. The molecule has 180 valence electrons. The van der Waals surface area contributed by atoms with E-state index in [1.807, 2.05) is 36.4 Å². The number of aliphatic hydroxyl groups excluding tert-OH is 1. The second-order valence-corrected chi connectivity index (χ2v) is 9.01. The second kappa shape index (κ2) is 10.5. The van der Waals surface area contributed by atoms with Crippen molar-refractivity contribution in [3.05, 3.63) is 53.9 Å². The number of nitrogens with one attached hydrogen (secondary N) is 1. The summed E-state index contributed by atoms with van der Waals surface area (Å²) in [5.74, 6) is 2.58. The van der Waals surface area contributed by atoms with Gasteiger partial charge < -0.3 is 29.5 Å². The molecule has 4 heterocycles. The number of aliphatic hydroxyl groups is 1. The number of nitrogens with zero attached hydrogens (tertiary/aromatic N) is 3. The number of likely N-dealkylation sites (tertiary alicyclic amines) is 1. The number of hydrogen-bond donors (Lipinski definition) is 2. The van der Waals surface area contributed by atoms with Crippen molar-refractivity contribution in [3.63, 3.8) is 0 Å². The fourth-order valence-corrected chi connectivity index (χ4v) is 4.85. The lowest BCUT2D eigenvalue weighted by Gasteiger charge is -2.34. The molecule has 8 heteroatoms. The van der Waals surface area contributed by atoms with Gasteiger partial charge in [0, 0.05) is 42.7 Å². The summed E-state index contributed by atoms with van der Waals surface area (Å²) in [4.78, 5) is 11.4. The zero-order chi connectivity index (χ0) is 23.3. The van der Waals surface area contributed by atoms with Crippen LogP contribution in [0.3, 0.4) is 0 Å². The minimum atomic E-state index is -0.600. The topological polar surface area (TPSA) is 89.0 Å². The lowest BCUT2D eigenvalue weighted by atomic mass is 9.96. The van der Waals surface area contributed by atoms with Crippen LogP contribution in [0.2, 0.25) is 0 Å². The monoisotopic (exact) mass is 464 g/mol. The van der Waals surface area contributed by atoms with Crippen LogP contribution in [0, 0.1) is 5.92 Å². The van der Waals surface area contributed by atoms with Crippen molar-refractivity contribution < 1.29 is 19.3 Å². The number of para-hydroxylation sites is 1. The minimum absolute atomic E-state index is 0.531. The summed E-state index contributed by atoms with van der Waals surface area (Å²) < 4.78 is 16.5. The first-order valence-corrected chi connectivity index (χ1v) is 12.0. The van der Waals surface area contributed by atoms with E-state index in [-0.39, 0.29) is 0 Å². The Hall–Kier alpha value is -2.94. The van der Waals surface area contributed by atoms with Gasteiger partial charge >= 0.3 is 0 Å². The SMILES string of the molecule is COc1ccc2cccc(C(O)CN3CCCC(CNCc4cc5c(cn4)OCCO5)C3)c2n1. The van der Waals surface area contributed by atoms with Crippen LogP contribution in [0.4, 0.5) is 0 Å². The van der Waals surface area contributed by atoms with E-state index < -0.39 is 6.10 Å². The molecule has 2 atom stereocenters. The third kappa shape index (κ3) is 5.24. The van der Waals surface area contributed by atoms with Crippen LogP contribution in [-0.2, 0) is 6.54 Å². The van der Waals surface area contributed by atoms with E-state index in [1.54, 1.807) is 13.3 Å². The van der Waals surface area contributed by atoms with E-state index in [0.29, 0.717) is 38.1 Å². The number of methoxy groups -OCH3 is 1. The number of β-amino-alcohol motifs (C(OH)–C–C–N with tert-alkyl or cyclic N) is 1. The third-order valence-electron chi connectivity index (χ3n) is 6.55. The first-order chi connectivity index (χ1) is 16.7. The molecular formula is C26H32N4O4. The highest BCUT2D eigenvalue weighted by Crippen LogP contribution is 2.29. The molecule has 5 rings (SSSR count). The summed E-state index contributed by atoms with van der Waals surface area (Å²) >= 11 is 0. The maximum atomic E-state index is 11.1. The van der Waals surface area contributed by atoms with Crippen LogP contribution in [0.5, 0.6) is 17.4 Å². The summed E-state index contributed by atoms with van der Waals surface area (Å²) in [6.45, 7) is 5.31. The second-order valence-electron chi connectivity index (χ2n) is 9.01. The fourth-order valence-electron chi connectivity index (χ4n) is 4.85. The average Bonchev–Trinajstić information content (AvgIpc) is 2.88. The number of hydrogen-bond acceptors (Lipinski definition) is 8. The molecule has 0 bridgehead atoms. The van der Waals surface area contributed by atoms with Gasteiger partial charge in [-0.15, -0.1) is 0 Å². The van der Waals surface area contributed by atoms with Gasteiger partial charge in [0.15, 0.2) is 11.5 Å². The number of aromatic nitrogens is 2. The molecule has 0 amide bonds. The molecule has 0 saturated carbocycles. The molecule has 2 N–H and O–H groups in total. The quantitative estimate of drug-likeness (QED) is 0.526. The molecule has 2 aromatic heterocycles. The molecule has 1 aromatic carbocycles. The predicted molar refractivity (Wildman–Crippen MR) is 129 cm³/mol. The molecule has 1 saturated heterocycles. The van der Waals surface area contributed by atoms with Gasteiger partial charge in [0.1, 0.15) is 13.2 Å². The van der Waals surface area contributed by atoms with Crippen LogP contribution in [0.25, 0.3) is 10.9 Å². The lowest BCUT2D eigenvalue weighted by molar-refractivity contribution is 0.0848. The van der Waals surface area contributed by atoms with Crippen LogP contribution in [-0.4, -0.2) is 66.5 Å². The normalized spacial score (nSPS) is 19.2. The molecule has 2 aliphatic heterocycles. The molecule has 0 radical (unpaired) electrons. The Bertz CT molecular complexity index is 1130. The zero-order valence-corrected chi connectivity index (χ0v) is 19.6. The number of rotatable bonds is 8. The van der Waals surface area contributed by atoms with Gasteiger partial charge in [0.25, 0.3) is 0 Å². The van der Waals surface area contributed by atoms with Gasteiger partial charge in [-0.1, -0.05) is 18.2 Å². The average molecular weight is 465 g/mol. The summed E-state index contributed by atoms with van der Waals surface area (Å²) in [7, 11) is 1.61. The number of pyridine rings is 2. The molecule has 8 nitrogen and oxygen atoms in total. The van der Waals surface area contributed by atoms with Gasteiger partial charge in [-0.2, -0.15) is 0 Å². The first-order valence-electron chi connectivity index (χ1n) is 12.0. The van der Waals surface area contributed by atoms with Gasteiger partial charge in [0.05, 0.1) is 30.6 Å². The Kier molecular flexibility index (Phi) is 7.08. The standard InChI is InChI=1S/C26H32N4O4/c1-32-25-8-7-19-5-2-6-21(26(19)29-25)22(31)17-30-9-3-4-18(16-30)13-27-14-20-12-23-24(15-28-20)34-11-10-33-23/h2,5-8,12,15,18,22,27,31H,3-4,9-11,13-14,16-17H2,1H3. The highest BCUT2D eigenvalue weighted by Gasteiger charge is 2.23. The molecular weight excluding hydrogens is 432 g/mol. The predicted octanol–water partition coefficient (Wildman–Crippen LogP) is 2.94. The molecule has 0 aliphatic carbocycles. The lowest BCUT2D eigenvalue weighted by Crippen LogP contribution is -2.41. The van der Waals surface area contributed by atoms with E-state index in [9.17, 15) is 5.11 Å². The summed E-state index contributed by atoms with van der Waals surface area (Å²) in [5.41, 5.74) is 2.60. The van der Waals surface area contributed by atoms with Crippen LogP contribution in [0.1, 0.15) is 30.2 Å². The number of benzene rings is 1. The molecule has 1 fully saturated rings. The Morgan fingerprint density at radius 3 is 2.97 bits per heavy atom. The van der Waals surface area contributed by atoms with Crippen LogP contribution < -0.4 is 19.5 Å². The van der Waals surface area contributed by atoms with E-state index in [1.165, 1.54) is 6.42 Å². The number of ether oxygens (including phenoxy) is 3. The summed E-state index contributed by atoms with van der Waals surface area (Å²) in [6.07, 6.45) is 3.45. The van der Waals surface area contributed by atoms with Gasteiger partial charge in [-0.25, -0.2) is 4.98 Å². The molecule has 34 heavy (non-hydrogen) atoms. The van der Waals surface area contributed by atoms with E-state index in [0.717, 1.165) is 59.7 Å².